The Morgan fingerprint density at radius 3 is 2.09 bits per heavy atom. The van der Waals surface area contributed by atoms with Crippen LogP contribution >= 0.6 is 0 Å². The number of pyridine rings is 1. The Hall–Kier alpha value is -3.66. The molecule has 0 radical (unpaired) electrons. The van der Waals surface area contributed by atoms with E-state index in [1.807, 2.05) is 0 Å². The van der Waals surface area contributed by atoms with Crippen LogP contribution in [-0.2, 0) is 29.4 Å². The van der Waals surface area contributed by atoms with Crippen molar-refractivity contribution in [1.29, 1.82) is 0 Å². The Kier molecular flexibility index (Phi) is 10.2. The molecule has 0 spiro atoms. The molecule has 1 fully saturated rings. The van der Waals surface area contributed by atoms with Crippen LogP contribution in [0.5, 0.6) is 0 Å². The lowest BCUT2D eigenvalue weighted by atomic mass is 9.97. The number of carbonyl (C=O) groups excluding carboxylic acids is 2. The van der Waals surface area contributed by atoms with Crippen LogP contribution < -0.4 is 10.6 Å². The molecule has 242 valence electrons. The number of amides is 1. The van der Waals surface area contributed by atoms with Gasteiger partial charge in [0.1, 0.15) is 12.1 Å². The summed E-state index contributed by atoms with van der Waals surface area (Å²) in [6.45, 7) is 2.57. The highest BCUT2D eigenvalue weighted by Gasteiger charge is 2.44. The van der Waals surface area contributed by atoms with Gasteiger partial charge < -0.3 is 5.32 Å². The number of rotatable bonds is 11. The summed E-state index contributed by atoms with van der Waals surface area (Å²) in [4.78, 5) is 29.9. The summed E-state index contributed by atoms with van der Waals surface area (Å²) in [5.74, 6) is -1.67. The molecule has 1 aromatic heterocycles. The van der Waals surface area contributed by atoms with Gasteiger partial charge in [-0.25, -0.2) is 21.8 Å². The quantitative estimate of drug-likeness (QED) is 0.317. The fourth-order valence-corrected chi connectivity index (χ4v) is 6.92. The first kappa shape index (κ1) is 34.2. The maximum absolute atomic E-state index is 14.4. The predicted octanol–water partition coefficient (Wildman–Crippen LogP) is 3.52. The molecule has 1 amide bonds. The molecule has 1 unspecified atom stereocenters. The Labute approximate surface area is 260 Å². The molecule has 45 heavy (non-hydrogen) atoms. The van der Waals surface area contributed by atoms with Gasteiger partial charge in [0.05, 0.1) is 17.5 Å². The highest BCUT2D eigenvalue weighted by atomic mass is 32.2. The summed E-state index contributed by atoms with van der Waals surface area (Å²) in [6, 6.07) is 10.8. The first-order valence-corrected chi connectivity index (χ1v) is 17.3. The van der Waals surface area contributed by atoms with E-state index in [4.69, 9.17) is 0 Å². The zero-order valence-corrected chi connectivity index (χ0v) is 26.3. The van der Waals surface area contributed by atoms with E-state index in [1.165, 1.54) is 60.8 Å². The molecule has 2 aromatic carbocycles. The fourth-order valence-electron chi connectivity index (χ4n) is 4.93. The van der Waals surface area contributed by atoms with E-state index in [1.54, 1.807) is 26.0 Å². The Morgan fingerprint density at radius 2 is 1.58 bits per heavy atom. The molecule has 2 N–H and O–H groups in total. The van der Waals surface area contributed by atoms with Crippen molar-refractivity contribution >= 4 is 31.6 Å². The molecule has 3 atom stereocenters. The number of aromatic nitrogens is 1. The normalized spacial score (nSPS) is 17.8. The zero-order valence-electron chi connectivity index (χ0n) is 24.7. The molecule has 3 aromatic rings. The third kappa shape index (κ3) is 8.34. The minimum atomic E-state index is -4.80. The van der Waals surface area contributed by atoms with Crippen molar-refractivity contribution in [3.8, 4) is 11.1 Å². The van der Waals surface area contributed by atoms with Crippen LogP contribution in [0.3, 0.4) is 0 Å². The molecule has 0 saturated carbocycles. The number of Topliss-reactive ketones (excluding diaryl/α,β-unsaturated/α-hetero) is 1. The second kappa shape index (κ2) is 13.4. The second-order valence-corrected chi connectivity index (χ2v) is 15.1. The lowest BCUT2D eigenvalue weighted by Crippen LogP contribution is -2.53. The maximum atomic E-state index is 14.4. The monoisotopic (exact) mass is 666 g/mol. The van der Waals surface area contributed by atoms with Gasteiger partial charge in [-0.3, -0.25) is 14.9 Å². The molecular weight excluding hydrogens is 633 g/mol. The first-order chi connectivity index (χ1) is 21.0. The lowest BCUT2D eigenvalue weighted by molar-refractivity contribution is -0.161. The van der Waals surface area contributed by atoms with Gasteiger partial charge in [0.15, 0.2) is 20.6 Å². The van der Waals surface area contributed by atoms with E-state index >= 15 is 0 Å². The van der Waals surface area contributed by atoms with Crippen LogP contribution in [0, 0.1) is 5.92 Å². The minimum Gasteiger partial charge on any atom is -0.344 e. The van der Waals surface area contributed by atoms with E-state index in [-0.39, 0.29) is 34.4 Å². The summed E-state index contributed by atoms with van der Waals surface area (Å²) in [6.07, 6.45) is -2.44. The molecule has 4 rings (SSSR count). The molecule has 0 bridgehead atoms. The van der Waals surface area contributed by atoms with Gasteiger partial charge in [0.25, 0.3) is 10.0 Å². The van der Waals surface area contributed by atoms with Crippen LogP contribution in [0.4, 0.5) is 13.2 Å². The van der Waals surface area contributed by atoms with Crippen LogP contribution in [0.25, 0.3) is 11.1 Å². The number of hydrogen-bond donors (Lipinski definition) is 2. The van der Waals surface area contributed by atoms with Crippen LogP contribution in [0.1, 0.15) is 31.9 Å². The smallest absolute Gasteiger partial charge is 0.344 e. The van der Waals surface area contributed by atoms with Gasteiger partial charge in [0, 0.05) is 19.0 Å². The third-order valence-corrected chi connectivity index (χ3v) is 10.1. The van der Waals surface area contributed by atoms with E-state index < -0.39 is 62.4 Å². The van der Waals surface area contributed by atoms with Crippen molar-refractivity contribution in [3.05, 3.63) is 78.5 Å². The van der Waals surface area contributed by atoms with E-state index in [9.17, 15) is 39.6 Å². The molecule has 1 saturated heterocycles. The number of hydrogen-bond acceptors (Lipinski definition) is 8. The first-order valence-electron chi connectivity index (χ1n) is 13.9. The van der Waals surface area contributed by atoms with Gasteiger partial charge in [-0.2, -0.15) is 17.5 Å². The number of alkyl halides is 3. The summed E-state index contributed by atoms with van der Waals surface area (Å²) in [5, 5.41) is 4.61. The zero-order chi connectivity index (χ0) is 33.2. The second-order valence-electron chi connectivity index (χ2n) is 11.2. The largest absolute Gasteiger partial charge is 0.407 e. The number of nitrogens with zero attached hydrogens (tertiary/aromatic N) is 2. The third-order valence-electron chi connectivity index (χ3n) is 7.24. The highest BCUT2D eigenvalue weighted by Crippen LogP contribution is 2.35. The summed E-state index contributed by atoms with van der Waals surface area (Å²) >= 11 is 0. The number of carbonyl (C=O) groups is 2. The average Bonchev–Trinajstić information content (AvgIpc) is 3.35. The van der Waals surface area contributed by atoms with E-state index in [0.717, 1.165) is 10.6 Å². The molecule has 10 nitrogen and oxygen atoms in total. The Morgan fingerprint density at radius 1 is 0.978 bits per heavy atom. The number of nitrogens with one attached hydrogen (secondary N) is 2. The van der Waals surface area contributed by atoms with Gasteiger partial charge in [0.2, 0.25) is 5.91 Å². The van der Waals surface area contributed by atoms with Gasteiger partial charge in [-0.1, -0.05) is 56.3 Å². The molecular formula is C30H33F3N4O6S2. The van der Waals surface area contributed by atoms with Crippen molar-refractivity contribution in [3.63, 3.8) is 0 Å². The fraction of sp³-hybridized carbons (Fsp3) is 0.367. The number of sulfone groups is 1. The van der Waals surface area contributed by atoms with Gasteiger partial charge in [-0.15, -0.1) is 0 Å². The Balaban J connectivity index is 1.52. The SMILES string of the molecule is CC(C)C[C@H](N[C@@H](c1ccc(-c2ccc(S(C)(=O)=O)cc2)cc1)C(F)(F)F)C(=O)NC1CN(S(=O)(=O)c2ccccn2)CC1=O. The summed E-state index contributed by atoms with van der Waals surface area (Å²) < 4.78 is 93.3. The molecule has 1 aliphatic heterocycles. The van der Waals surface area contributed by atoms with Gasteiger partial charge in [-0.05, 0) is 53.3 Å². The summed E-state index contributed by atoms with van der Waals surface area (Å²) in [7, 11) is -7.54. The highest BCUT2D eigenvalue weighted by molar-refractivity contribution is 7.90. The minimum absolute atomic E-state index is 0.0000404. The van der Waals surface area contributed by atoms with Crippen molar-refractivity contribution in [2.75, 3.05) is 19.3 Å². The number of ketones is 1. The molecule has 0 aliphatic carbocycles. The van der Waals surface area contributed by atoms with E-state index in [0.29, 0.717) is 11.1 Å². The number of halogens is 3. The van der Waals surface area contributed by atoms with Gasteiger partial charge >= 0.3 is 6.18 Å². The van der Waals surface area contributed by atoms with E-state index in [2.05, 4.69) is 15.6 Å². The van der Waals surface area contributed by atoms with Crippen LogP contribution in [-0.4, -0.2) is 75.4 Å². The molecule has 15 heteroatoms. The number of benzene rings is 2. The topological polar surface area (TPSA) is 143 Å². The predicted molar refractivity (Wildman–Crippen MR) is 160 cm³/mol. The summed E-state index contributed by atoms with van der Waals surface area (Å²) in [5.41, 5.74) is 0.995. The van der Waals surface area contributed by atoms with Crippen LogP contribution in [0.15, 0.2) is 82.8 Å². The van der Waals surface area contributed by atoms with Crippen molar-refractivity contribution in [2.24, 2.45) is 5.92 Å². The Bertz CT molecular complexity index is 1730. The van der Waals surface area contributed by atoms with Crippen molar-refractivity contribution in [2.45, 2.75) is 54.5 Å². The van der Waals surface area contributed by atoms with Crippen LogP contribution in [0.2, 0.25) is 0 Å². The molecule has 2 heterocycles. The number of sulfonamides is 1. The maximum Gasteiger partial charge on any atom is 0.407 e. The standard InChI is InChI=1S/C30H33F3N4O6S2/c1-19(2)16-24(29(39)36-25-17-37(18-26(25)38)45(42,43)27-6-4-5-15-34-27)35-28(30(31,32)33)22-9-7-20(8-10-22)21-11-13-23(14-12-21)44(3,40)41/h4-15,19,24-25,28,35H,16-18H2,1-3H3,(H,36,39)/t24-,25?,28-/m0/s1. The molecule has 1 aliphatic rings. The van der Waals surface area contributed by atoms with Crippen molar-refractivity contribution < 1.29 is 39.6 Å². The average molecular weight is 667 g/mol. The van der Waals surface area contributed by atoms with Crippen molar-refractivity contribution in [1.82, 2.24) is 19.9 Å². The lowest BCUT2D eigenvalue weighted by Gasteiger charge is -2.29.